The second kappa shape index (κ2) is 10.5. The Morgan fingerprint density at radius 3 is 2.50 bits per heavy atom. The SMILES string of the molecule is COC(=O)c1ccc(NC(=O)C(=O)NCCN2CCO[C@@H](c3ccccc3)C2)cc1. The number of esters is 1. The van der Waals surface area contributed by atoms with Gasteiger partial charge in [0, 0.05) is 31.9 Å². The minimum absolute atomic E-state index is 0.00640. The summed E-state index contributed by atoms with van der Waals surface area (Å²) in [5.74, 6) is -1.94. The molecule has 8 nitrogen and oxygen atoms in total. The van der Waals surface area contributed by atoms with Crippen molar-refractivity contribution in [2.24, 2.45) is 0 Å². The third-order valence-electron chi connectivity index (χ3n) is 4.81. The lowest BCUT2D eigenvalue weighted by Gasteiger charge is -2.33. The van der Waals surface area contributed by atoms with Crippen LogP contribution in [-0.4, -0.2) is 62.6 Å². The maximum Gasteiger partial charge on any atom is 0.337 e. The number of nitrogens with zero attached hydrogens (tertiary/aromatic N) is 1. The molecule has 2 aromatic carbocycles. The molecular weight excluding hydrogens is 386 g/mol. The van der Waals surface area contributed by atoms with Gasteiger partial charge in [0.1, 0.15) is 0 Å². The second-order valence-corrected chi connectivity index (χ2v) is 6.85. The fourth-order valence-corrected chi connectivity index (χ4v) is 3.18. The van der Waals surface area contributed by atoms with E-state index in [1.54, 1.807) is 0 Å². The van der Waals surface area contributed by atoms with Gasteiger partial charge in [-0.1, -0.05) is 30.3 Å². The molecule has 3 rings (SSSR count). The second-order valence-electron chi connectivity index (χ2n) is 6.85. The molecule has 0 aromatic heterocycles. The Hall–Kier alpha value is -3.23. The summed E-state index contributed by atoms with van der Waals surface area (Å²) in [7, 11) is 1.29. The molecule has 2 aromatic rings. The highest BCUT2D eigenvalue weighted by Gasteiger charge is 2.22. The smallest absolute Gasteiger partial charge is 0.337 e. The highest BCUT2D eigenvalue weighted by atomic mass is 16.5. The third-order valence-corrected chi connectivity index (χ3v) is 4.81. The van der Waals surface area contributed by atoms with Crippen LogP contribution in [0.15, 0.2) is 54.6 Å². The fraction of sp³-hybridized carbons (Fsp3) is 0.318. The Morgan fingerprint density at radius 2 is 1.80 bits per heavy atom. The average molecular weight is 411 g/mol. The molecule has 0 bridgehead atoms. The topological polar surface area (TPSA) is 97.0 Å². The maximum absolute atomic E-state index is 12.1. The van der Waals surface area contributed by atoms with Gasteiger partial charge in [-0.3, -0.25) is 14.5 Å². The van der Waals surface area contributed by atoms with E-state index in [0.717, 1.165) is 18.7 Å². The van der Waals surface area contributed by atoms with Crippen LogP contribution in [0.4, 0.5) is 5.69 Å². The van der Waals surface area contributed by atoms with Crippen LogP contribution in [0.3, 0.4) is 0 Å². The van der Waals surface area contributed by atoms with Crippen LogP contribution in [0.25, 0.3) is 0 Å². The maximum atomic E-state index is 12.1. The minimum atomic E-state index is -0.759. The van der Waals surface area contributed by atoms with Gasteiger partial charge in [0.15, 0.2) is 0 Å². The van der Waals surface area contributed by atoms with Gasteiger partial charge in [-0.15, -0.1) is 0 Å². The summed E-state index contributed by atoms with van der Waals surface area (Å²) in [4.78, 5) is 37.7. The summed E-state index contributed by atoms with van der Waals surface area (Å²) in [5.41, 5.74) is 1.91. The number of morpholine rings is 1. The van der Waals surface area contributed by atoms with Crippen molar-refractivity contribution in [1.29, 1.82) is 0 Å². The molecule has 1 aliphatic heterocycles. The molecular formula is C22H25N3O5. The summed E-state index contributed by atoms with van der Waals surface area (Å²) < 4.78 is 10.5. The number of rotatable bonds is 6. The number of hydrogen-bond acceptors (Lipinski definition) is 6. The number of benzene rings is 2. The van der Waals surface area contributed by atoms with Crippen LogP contribution in [-0.2, 0) is 19.1 Å². The molecule has 0 spiro atoms. The van der Waals surface area contributed by atoms with Crippen molar-refractivity contribution < 1.29 is 23.9 Å². The van der Waals surface area contributed by atoms with Gasteiger partial charge in [0.05, 0.1) is 25.4 Å². The van der Waals surface area contributed by atoms with Crippen LogP contribution in [0, 0.1) is 0 Å². The zero-order valence-corrected chi connectivity index (χ0v) is 16.8. The first-order valence-corrected chi connectivity index (χ1v) is 9.73. The Morgan fingerprint density at radius 1 is 1.07 bits per heavy atom. The number of nitrogens with one attached hydrogen (secondary N) is 2. The molecule has 0 saturated carbocycles. The van der Waals surface area contributed by atoms with E-state index in [0.29, 0.717) is 30.9 Å². The summed E-state index contributed by atoms with van der Waals surface area (Å²) in [6.07, 6.45) is 0.00640. The van der Waals surface area contributed by atoms with E-state index in [-0.39, 0.29) is 6.10 Å². The van der Waals surface area contributed by atoms with Crippen molar-refractivity contribution in [2.45, 2.75) is 6.10 Å². The number of amides is 2. The molecule has 0 aliphatic carbocycles. The molecule has 0 radical (unpaired) electrons. The average Bonchev–Trinajstić information content (AvgIpc) is 2.79. The van der Waals surface area contributed by atoms with E-state index >= 15 is 0 Å². The number of carbonyl (C=O) groups excluding carboxylic acids is 3. The third kappa shape index (κ3) is 5.88. The molecule has 1 fully saturated rings. The van der Waals surface area contributed by atoms with Crippen molar-refractivity contribution in [2.75, 3.05) is 45.2 Å². The normalized spacial score (nSPS) is 16.5. The van der Waals surface area contributed by atoms with Gasteiger partial charge in [-0.25, -0.2) is 4.79 Å². The molecule has 1 atom stereocenters. The number of hydrogen-bond donors (Lipinski definition) is 2. The molecule has 0 unspecified atom stereocenters. The molecule has 2 amide bonds. The van der Waals surface area contributed by atoms with Gasteiger partial charge in [0.25, 0.3) is 0 Å². The van der Waals surface area contributed by atoms with Crippen LogP contribution in [0.5, 0.6) is 0 Å². The zero-order chi connectivity index (χ0) is 21.3. The van der Waals surface area contributed by atoms with Gasteiger partial charge in [0.2, 0.25) is 0 Å². The van der Waals surface area contributed by atoms with E-state index in [1.807, 2.05) is 30.3 Å². The van der Waals surface area contributed by atoms with Gasteiger partial charge < -0.3 is 20.1 Å². The monoisotopic (exact) mass is 411 g/mol. The minimum Gasteiger partial charge on any atom is -0.465 e. The predicted molar refractivity (Wildman–Crippen MR) is 111 cm³/mol. The number of ether oxygens (including phenoxy) is 2. The highest BCUT2D eigenvalue weighted by molar-refractivity contribution is 6.39. The molecule has 30 heavy (non-hydrogen) atoms. The number of carbonyl (C=O) groups is 3. The Bertz CT molecular complexity index is 870. The summed E-state index contributed by atoms with van der Waals surface area (Å²) in [6, 6.07) is 16.1. The lowest BCUT2D eigenvalue weighted by Crippen LogP contribution is -2.44. The molecule has 1 saturated heterocycles. The van der Waals surface area contributed by atoms with Gasteiger partial charge in [-0.2, -0.15) is 0 Å². The Labute approximate surface area is 175 Å². The fourth-order valence-electron chi connectivity index (χ4n) is 3.18. The summed E-state index contributed by atoms with van der Waals surface area (Å²) >= 11 is 0. The molecule has 1 heterocycles. The van der Waals surface area contributed by atoms with Crippen molar-refractivity contribution in [3.05, 3.63) is 65.7 Å². The summed E-state index contributed by atoms with van der Waals surface area (Å²) in [5, 5.41) is 5.14. The van der Waals surface area contributed by atoms with Crippen molar-refractivity contribution >= 4 is 23.5 Å². The molecule has 1 aliphatic rings. The first-order valence-electron chi connectivity index (χ1n) is 9.73. The first-order chi connectivity index (χ1) is 14.6. The van der Waals surface area contributed by atoms with Crippen LogP contribution in [0.2, 0.25) is 0 Å². The summed E-state index contributed by atoms with van der Waals surface area (Å²) in [6.45, 7) is 3.11. The quantitative estimate of drug-likeness (QED) is 0.554. The predicted octanol–water partition coefficient (Wildman–Crippen LogP) is 1.60. The highest BCUT2D eigenvalue weighted by Crippen LogP contribution is 2.21. The largest absolute Gasteiger partial charge is 0.465 e. The molecule has 2 N–H and O–H groups in total. The van der Waals surface area contributed by atoms with E-state index in [4.69, 9.17) is 4.74 Å². The zero-order valence-electron chi connectivity index (χ0n) is 16.8. The number of methoxy groups -OCH3 is 1. The van der Waals surface area contributed by atoms with Gasteiger partial charge >= 0.3 is 17.8 Å². The Kier molecular flexibility index (Phi) is 7.53. The van der Waals surface area contributed by atoms with Crippen LogP contribution < -0.4 is 10.6 Å². The van der Waals surface area contributed by atoms with Crippen molar-refractivity contribution in [1.82, 2.24) is 10.2 Å². The van der Waals surface area contributed by atoms with Crippen molar-refractivity contribution in [3.8, 4) is 0 Å². The molecule has 158 valence electrons. The molecule has 8 heteroatoms. The number of anilines is 1. The standard InChI is InChI=1S/C22H25N3O5/c1-29-22(28)17-7-9-18(10-8-17)24-21(27)20(26)23-11-12-25-13-14-30-19(15-25)16-5-3-2-4-6-16/h2-10,19H,11-15H2,1H3,(H,23,26)(H,24,27)/t19-/m1/s1. The van der Waals surface area contributed by atoms with E-state index in [9.17, 15) is 14.4 Å². The van der Waals surface area contributed by atoms with Crippen LogP contribution in [0.1, 0.15) is 22.0 Å². The van der Waals surface area contributed by atoms with E-state index in [2.05, 4.69) is 20.3 Å². The lowest BCUT2D eigenvalue weighted by atomic mass is 10.1. The van der Waals surface area contributed by atoms with Gasteiger partial charge in [-0.05, 0) is 29.8 Å². The van der Waals surface area contributed by atoms with Crippen LogP contribution >= 0.6 is 0 Å². The Balaban J connectivity index is 1.41. The first kappa shape index (κ1) is 21.5. The van der Waals surface area contributed by atoms with Crippen molar-refractivity contribution in [3.63, 3.8) is 0 Å². The van der Waals surface area contributed by atoms with E-state index < -0.39 is 17.8 Å². The van der Waals surface area contributed by atoms with E-state index in [1.165, 1.54) is 31.4 Å². The lowest BCUT2D eigenvalue weighted by molar-refractivity contribution is -0.136.